The summed E-state index contributed by atoms with van der Waals surface area (Å²) >= 11 is 16.2. The second-order valence-corrected chi connectivity index (χ2v) is 5.54. The topological polar surface area (TPSA) is 49.3 Å². The molecular weight excluding hydrogens is 272 g/mol. The average molecular weight is 283 g/mol. The third-order valence-electron chi connectivity index (χ3n) is 1.82. The zero-order chi connectivity index (χ0) is 12.2. The molecule has 1 rings (SSSR count). The molecule has 1 aromatic carbocycles. The lowest BCUT2D eigenvalue weighted by Gasteiger charge is -2.19. The predicted molar refractivity (Wildman–Crippen MR) is 64.6 cm³/mol. The Labute approximate surface area is 108 Å². The number of amides is 1. The van der Waals surface area contributed by atoms with E-state index in [0.29, 0.717) is 0 Å². The highest BCUT2D eigenvalue weighted by Crippen LogP contribution is 2.28. The second kappa shape index (κ2) is 5.73. The summed E-state index contributed by atoms with van der Waals surface area (Å²) in [6.45, 7) is 0. The van der Waals surface area contributed by atoms with E-state index in [1.165, 1.54) is 0 Å². The number of rotatable bonds is 3. The summed E-state index contributed by atoms with van der Waals surface area (Å²) in [4.78, 5) is 11.4. The summed E-state index contributed by atoms with van der Waals surface area (Å²) in [6.07, 6.45) is -1.40. The Morgan fingerprint density at radius 2 is 1.88 bits per heavy atom. The zero-order valence-electron chi connectivity index (χ0n) is 8.16. The molecule has 88 valence electrons. The molecule has 0 fully saturated rings. The van der Waals surface area contributed by atoms with Gasteiger partial charge in [0.25, 0.3) is 0 Å². The van der Waals surface area contributed by atoms with Gasteiger partial charge >= 0.3 is 0 Å². The summed E-state index contributed by atoms with van der Waals surface area (Å²) < 4.78 is -1.92. The monoisotopic (exact) mass is 281 g/mol. The second-order valence-electron chi connectivity index (χ2n) is 3.17. The third-order valence-corrected chi connectivity index (χ3v) is 2.44. The van der Waals surface area contributed by atoms with Crippen molar-refractivity contribution in [3.8, 4) is 0 Å². The lowest BCUT2D eigenvalue weighted by atomic mass is 10.1. The van der Waals surface area contributed by atoms with Crippen molar-refractivity contribution in [2.75, 3.05) is 0 Å². The van der Waals surface area contributed by atoms with Gasteiger partial charge in [0.05, 0.1) is 6.42 Å². The summed E-state index contributed by atoms with van der Waals surface area (Å²) in [5, 5.41) is 11.5. The van der Waals surface area contributed by atoms with Crippen molar-refractivity contribution in [1.29, 1.82) is 0 Å². The van der Waals surface area contributed by atoms with E-state index in [1.807, 2.05) is 18.2 Å². The first-order valence-electron chi connectivity index (χ1n) is 4.47. The maximum Gasteiger partial charge on any atom is 0.234 e. The van der Waals surface area contributed by atoms with Crippen molar-refractivity contribution < 1.29 is 9.90 Å². The van der Waals surface area contributed by atoms with Gasteiger partial charge in [-0.1, -0.05) is 65.1 Å². The summed E-state index contributed by atoms with van der Waals surface area (Å²) in [5.41, 5.74) is 0.816. The van der Waals surface area contributed by atoms with Crippen LogP contribution in [0.2, 0.25) is 0 Å². The number of halogens is 3. The van der Waals surface area contributed by atoms with Crippen LogP contribution in [0.25, 0.3) is 0 Å². The molecular formula is C10H10Cl3NO2. The quantitative estimate of drug-likeness (QED) is 0.658. The maximum absolute atomic E-state index is 11.4. The van der Waals surface area contributed by atoms with E-state index in [1.54, 1.807) is 12.1 Å². The lowest BCUT2D eigenvalue weighted by Crippen LogP contribution is -2.44. The molecule has 0 heterocycles. The number of carbonyl (C=O) groups excluding carboxylic acids is 1. The summed E-state index contributed by atoms with van der Waals surface area (Å²) in [5.74, 6) is -0.412. The van der Waals surface area contributed by atoms with E-state index in [9.17, 15) is 9.90 Å². The van der Waals surface area contributed by atoms with Crippen molar-refractivity contribution in [2.45, 2.75) is 16.4 Å². The Morgan fingerprint density at radius 1 is 1.31 bits per heavy atom. The number of carbonyl (C=O) groups is 1. The highest BCUT2D eigenvalue weighted by molar-refractivity contribution is 6.68. The van der Waals surface area contributed by atoms with Crippen molar-refractivity contribution in [3.63, 3.8) is 0 Å². The molecule has 16 heavy (non-hydrogen) atoms. The first kappa shape index (κ1) is 13.6. The lowest BCUT2D eigenvalue weighted by molar-refractivity contribution is -0.123. The van der Waals surface area contributed by atoms with Crippen molar-refractivity contribution in [3.05, 3.63) is 35.9 Å². The highest BCUT2D eigenvalue weighted by Gasteiger charge is 2.31. The van der Waals surface area contributed by atoms with Gasteiger partial charge < -0.3 is 10.4 Å². The highest BCUT2D eigenvalue weighted by atomic mass is 35.6. The van der Waals surface area contributed by atoms with Gasteiger partial charge in [0, 0.05) is 0 Å². The Hall–Kier alpha value is -0.480. The maximum atomic E-state index is 11.4. The fourth-order valence-corrected chi connectivity index (χ4v) is 1.23. The van der Waals surface area contributed by atoms with Crippen molar-refractivity contribution in [1.82, 2.24) is 5.32 Å². The molecule has 0 aliphatic rings. The Morgan fingerprint density at radius 3 is 2.38 bits per heavy atom. The van der Waals surface area contributed by atoms with Gasteiger partial charge in [-0.25, -0.2) is 0 Å². The molecule has 1 amide bonds. The molecule has 1 aromatic rings. The van der Waals surface area contributed by atoms with Gasteiger partial charge in [0.2, 0.25) is 9.70 Å². The minimum atomic E-state index is -1.92. The van der Waals surface area contributed by atoms with Crippen LogP contribution in [0.3, 0.4) is 0 Å². The molecule has 0 saturated heterocycles. The molecule has 0 bridgehead atoms. The first-order valence-corrected chi connectivity index (χ1v) is 5.61. The largest absolute Gasteiger partial charge is 0.369 e. The number of benzene rings is 1. The normalized spacial score (nSPS) is 13.2. The van der Waals surface area contributed by atoms with Crippen LogP contribution >= 0.6 is 34.8 Å². The van der Waals surface area contributed by atoms with Crippen LogP contribution in [0.1, 0.15) is 5.56 Å². The Kier molecular flexibility index (Phi) is 4.87. The molecule has 0 saturated carbocycles. The standard InChI is InChI=1S/C10H10Cl3NO2/c11-10(12,13)9(16)14-8(15)6-7-4-2-1-3-5-7/h1-5,9,16H,6H2,(H,14,15)/t9-/m1/s1. The minimum Gasteiger partial charge on any atom is -0.369 e. The third kappa shape index (κ3) is 4.58. The summed E-state index contributed by atoms with van der Waals surface area (Å²) in [7, 11) is 0. The summed E-state index contributed by atoms with van der Waals surface area (Å²) in [6, 6.07) is 9.06. The molecule has 3 nitrogen and oxygen atoms in total. The molecule has 2 N–H and O–H groups in total. The van der Waals surface area contributed by atoms with Gasteiger partial charge in [0.15, 0.2) is 6.23 Å². The van der Waals surface area contributed by atoms with Crippen LogP contribution in [0.4, 0.5) is 0 Å². The zero-order valence-corrected chi connectivity index (χ0v) is 10.4. The van der Waals surface area contributed by atoms with E-state index >= 15 is 0 Å². The van der Waals surface area contributed by atoms with E-state index in [2.05, 4.69) is 5.32 Å². The molecule has 0 spiro atoms. The fourth-order valence-electron chi connectivity index (χ4n) is 1.07. The van der Waals surface area contributed by atoms with E-state index < -0.39 is 15.9 Å². The van der Waals surface area contributed by atoms with Gasteiger partial charge in [-0.15, -0.1) is 0 Å². The van der Waals surface area contributed by atoms with E-state index in [0.717, 1.165) is 5.56 Å². The van der Waals surface area contributed by atoms with Crippen molar-refractivity contribution >= 4 is 40.7 Å². The first-order chi connectivity index (χ1) is 7.39. The van der Waals surface area contributed by atoms with Gasteiger partial charge in [0.1, 0.15) is 0 Å². The van der Waals surface area contributed by atoms with E-state index in [-0.39, 0.29) is 6.42 Å². The van der Waals surface area contributed by atoms with Crippen LogP contribution in [0.15, 0.2) is 30.3 Å². The van der Waals surface area contributed by atoms with Crippen LogP contribution in [0.5, 0.6) is 0 Å². The van der Waals surface area contributed by atoms with Crippen LogP contribution in [-0.4, -0.2) is 21.0 Å². The van der Waals surface area contributed by atoms with Crippen LogP contribution in [0, 0.1) is 0 Å². The van der Waals surface area contributed by atoms with Gasteiger partial charge in [-0.05, 0) is 5.56 Å². The molecule has 0 aromatic heterocycles. The number of hydrogen-bond acceptors (Lipinski definition) is 2. The van der Waals surface area contributed by atoms with Crippen LogP contribution < -0.4 is 5.32 Å². The molecule has 0 radical (unpaired) electrons. The fraction of sp³-hybridized carbons (Fsp3) is 0.300. The van der Waals surface area contributed by atoms with Crippen molar-refractivity contribution in [2.24, 2.45) is 0 Å². The molecule has 0 aliphatic carbocycles. The molecule has 1 atom stereocenters. The molecule has 6 heteroatoms. The number of nitrogens with one attached hydrogen (secondary N) is 1. The number of aliphatic hydroxyl groups is 1. The minimum absolute atomic E-state index is 0.124. The average Bonchev–Trinajstić information content (AvgIpc) is 2.17. The van der Waals surface area contributed by atoms with E-state index in [4.69, 9.17) is 34.8 Å². The SMILES string of the molecule is O=C(Cc1ccccc1)N[C@H](O)C(Cl)(Cl)Cl. The van der Waals surface area contributed by atoms with Gasteiger partial charge in [-0.3, -0.25) is 4.79 Å². The number of alkyl halides is 3. The smallest absolute Gasteiger partial charge is 0.234 e. The molecule has 0 aliphatic heterocycles. The van der Waals surface area contributed by atoms with Gasteiger partial charge in [-0.2, -0.15) is 0 Å². The van der Waals surface area contributed by atoms with Crippen LogP contribution in [-0.2, 0) is 11.2 Å². The predicted octanol–water partition coefficient (Wildman–Crippen LogP) is 2.03. The Bertz CT molecular complexity index is 351. The number of hydrogen-bond donors (Lipinski definition) is 2. The Balaban J connectivity index is 2.49. The number of aliphatic hydroxyl groups excluding tert-OH is 1. The molecule has 0 unspecified atom stereocenters.